The number of nitrogens with zero attached hydrogens (tertiary/aromatic N) is 2. The number of carbonyl (C=O) groups is 3. The average Bonchev–Trinajstić information content (AvgIpc) is 2.23. The molecule has 0 aromatic heterocycles. The van der Waals surface area contributed by atoms with E-state index in [-0.39, 0.29) is 16.7 Å². The van der Waals surface area contributed by atoms with E-state index in [1.807, 2.05) is 0 Å². The molecule has 74 valence electrons. The van der Waals surface area contributed by atoms with Gasteiger partial charge in [-0.15, -0.1) is 10.2 Å². The highest BCUT2D eigenvalue weighted by molar-refractivity contribution is 6.15. The number of carboxylic acids is 1. The number of benzene rings is 1. The average molecular weight is 204 g/mol. The van der Waals surface area contributed by atoms with Gasteiger partial charge in [0.25, 0.3) is 11.8 Å². The van der Waals surface area contributed by atoms with Gasteiger partial charge in [0.1, 0.15) is 0 Å². The van der Waals surface area contributed by atoms with Crippen molar-refractivity contribution in [3.63, 3.8) is 0 Å². The molecule has 1 aromatic carbocycles. The molecular formula is C9H4N2O4. The number of hydrogen-bond donors (Lipinski definition) is 1. The van der Waals surface area contributed by atoms with Gasteiger partial charge in [-0.1, -0.05) is 6.07 Å². The quantitative estimate of drug-likeness (QED) is 0.741. The predicted octanol–water partition coefficient (Wildman–Crippen LogP) is 1.13. The van der Waals surface area contributed by atoms with Crippen molar-refractivity contribution >= 4 is 17.8 Å². The van der Waals surface area contributed by atoms with E-state index in [2.05, 4.69) is 10.2 Å². The van der Waals surface area contributed by atoms with Crippen molar-refractivity contribution in [3.8, 4) is 0 Å². The Kier molecular flexibility index (Phi) is 1.89. The Morgan fingerprint density at radius 1 is 1.13 bits per heavy atom. The van der Waals surface area contributed by atoms with Crippen molar-refractivity contribution in [3.05, 3.63) is 34.9 Å². The minimum Gasteiger partial charge on any atom is -0.478 e. The SMILES string of the molecule is O=C(O)c1cccc2c1C(=O)N=NC2=O. The lowest BCUT2D eigenvalue weighted by molar-refractivity contribution is 0.0691. The van der Waals surface area contributed by atoms with Crippen LogP contribution in [0, 0.1) is 0 Å². The third kappa shape index (κ3) is 1.32. The molecule has 0 aliphatic carbocycles. The molecule has 15 heavy (non-hydrogen) atoms. The Hall–Kier alpha value is -2.37. The fourth-order valence-electron chi connectivity index (χ4n) is 1.33. The molecule has 0 spiro atoms. The zero-order chi connectivity index (χ0) is 11.0. The summed E-state index contributed by atoms with van der Waals surface area (Å²) in [6, 6.07) is 3.97. The highest BCUT2D eigenvalue weighted by Gasteiger charge is 2.27. The lowest BCUT2D eigenvalue weighted by Crippen LogP contribution is -2.16. The van der Waals surface area contributed by atoms with Crippen LogP contribution in [-0.2, 0) is 0 Å². The van der Waals surface area contributed by atoms with Crippen molar-refractivity contribution < 1.29 is 19.5 Å². The van der Waals surface area contributed by atoms with Gasteiger partial charge in [0.15, 0.2) is 0 Å². The van der Waals surface area contributed by atoms with Crippen molar-refractivity contribution in [1.82, 2.24) is 0 Å². The first-order chi connectivity index (χ1) is 7.11. The van der Waals surface area contributed by atoms with Gasteiger partial charge in [0.05, 0.1) is 16.7 Å². The van der Waals surface area contributed by atoms with Gasteiger partial charge in [-0.2, -0.15) is 0 Å². The normalized spacial score (nSPS) is 13.9. The Balaban J connectivity index is 2.76. The van der Waals surface area contributed by atoms with Gasteiger partial charge in [-0.3, -0.25) is 9.59 Å². The third-order valence-electron chi connectivity index (χ3n) is 1.97. The Morgan fingerprint density at radius 2 is 1.80 bits per heavy atom. The van der Waals surface area contributed by atoms with Crippen molar-refractivity contribution in [2.24, 2.45) is 10.2 Å². The maximum absolute atomic E-state index is 11.3. The van der Waals surface area contributed by atoms with Crippen molar-refractivity contribution in [2.45, 2.75) is 0 Å². The van der Waals surface area contributed by atoms with Crippen LogP contribution in [0.1, 0.15) is 31.1 Å². The van der Waals surface area contributed by atoms with E-state index in [0.717, 1.165) is 0 Å². The Labute approximate surface area is 83.2 Å². The van der Waals surface area contributed by atoms with Crippen LogP contribution in [-0.4, -0.2) is 22.9 Å². The summed E-state index contributed by atoms with van der Waals surface area (Å²) in [5.41, 5.74) is -0.440. The van der Waals surface area contributed by atoms with Crippen LogP contribution < -0.4 is 0 Å². The van der Waals surface area contributed by atoms with Crippen LogP contribution in [0.3, 0.4) is 0 Å². The topological polar surface area (TPSA) is 96.2 Å². The number of fused-ring (bicyclic) bond motifs is 1. The van der Waals surface area contributed by atoms with E-state index in [0.29, 0.717) is 0 Å². The van der Waals surface area contributed by atoms with E-state index < -0.39 is 17.8 Å². The third-order valence-corrected chi connectivity index (χ3v) is 1.97. The first-order valence-corrected chi connectivity index (χ1v) is 3.98. The van der Waals surface area contributed by atoms with Gasteiger partial charge in [0, 0.05) is 0 Å². The molecule has 1 aliphatic rings. The molecule has 6 heteroatoms. The van der Waals surface area contributed by atoms with Crippen LogP contribution >= 0.6 is 0 Å². The van der Waals surface area contributed by atoms with E-state index in [9.17, 15) is 14.4 Å². The summed E-state index contributed by atoms with van der Waals surface area (Å²) in [6.45, 7) is 0. The largest absolute Gasteiger partial charge is 0.478 e. The minimum absolute atomic E-state index is 0.0186. The second-order valence-corrected chi connectivity index (χ2v) is 2.84. The molecule has 2 rings (SSSR count). The van der Waals surface area contributed by atoms with E-state index in [1.165, 1.54) is 18.2 Å². The van der Waals surface area contributed by atoms with Crippen LogP contribution in [0.2, 0.25) is 0 Å². The molecular weight excluding hydrogens is 200 g/mol. The molecule has 0 fully saturated rings. The number of aromatic carboxylic acids is 1. The highest BCUT2D eigenvalue weighted by atomic mass is 16.4. The molecule has 0 radical (unpaired) electrons. The maximum Gasteiger partial charge on any atom is 0.336 e. The molecule has 2 amide bonds. The molecule has 1 heterocycles. The summed E-state index contributed by atoms with van der Waals surface area (Å²) in [6.07, 6.45) is 0. The lowest BCUT2D eigenvalue weighted by Gasteiger charge is -2.08. The molecule has 0 atom stereocenters. The molecule has 1 N–H and O–H groups in total. The Bertz CT molecular complexity index is 519. The van der Waals surface area contributed by atoms with Crippen LogP contribution in [0.5, 0.6) is 0 Å². The zero-order valence-electron chi connectivity index (χ0n) is 7.30. The smallest absolute Gasteiger partial charge is 0.336 e. The molecule has 1 aromatic rings. The zero-order valence-corrected chi connectivity index (χ0v) is 7.30. The van der Waals surface area contributed by atoms with Crippen LogP contribution in [0.15, 0.2) is 28.4 Å². The van der Waals surface area contributed by atoms with Crippen molar-refractivity contribution in [2.75, 3.05) is 0 Å². The summed E-state index contributed by atoms with van der Waals surface area (Å²) < 4.78 is 0. The fraction of sp³-hybridized carbons (Fsp3) is 0. The maximum atomic E-state index is 11.3. The molecule has 0 bridgehead atoms. The summed E-state index contributed by atoms with van der Waals surface area (Å²) in [5.74, 6) is -2.78. The molecule has 0 saturated heterocycles. The predicted molar refractivity (Wildman–Crippen MR) is 46.9 cm³/mol. The number of amides is 2. The van der Waals surface area contributed by atoms with Gasteiger partial charge in [0.2, 0.25) is 0 Å². The summed E-state index contributed by atoms with van der Waals surface area (Å²) >= 11 is 0. The first-order valence-electron chi connectivity index (χ1n) is 3.98. The van der Waals surface area contributed by atoms with E-state index >= 15 is 0 Å². The number of rotatable bonds is 1. The summed E-state index contributed by atoms with van der Waals surface area (Å²) in [4.78, 5) is 33.3. The van der Waals surface area contributed by atoms with Gasteiger partial charge < -0.3 is 5.11 Å². The van der Waals surface area contributed by atoms with Crippen molar-refractivity contribution in [1.29, 1.82) is 0 Å². The second kappa shape index (κ2) is 3.09. The monoisotopic (exact) mass is 204 g/mol. The molecule has 1 aliphatic heterocycles. The van der Waals surface area contributed by atoms with E-state index in [4.69, 9.17) is 5.11 Å². The highest BCUT2D eigenvalue weighted by Crippen LogP contribution is 2.21. The minimum atomic E-state index is -1.27. The molecule has 6 nitrogen and oxygen atoms in total. The first kappa shape index (κ1) is 9.20. The number of azo groups is 1. The Morgan fingerprint density at radius 3 is 2.47 bits per heavy atom. The number of carbonyl (C=O) groups excluding carboxylic acids is 2. The van der Waals surface area contributed by atoms with E-state index in [1.54, 1.807) is 0 Å². The number of carboxylic acid groups (broad SMARTS) is 1. The molecule has 0 saturated carbocycles. The second-order valence-electron chi connectivity index (χ2n) is 2.84. The molecule has 0 unspecified atom stereocenters. The standard InChI is InChI=1S/C9H4N2O4/c12-7-4-2-1-3-5(9(14)15)6(4)8(13)11-10-7/h1-3H,(H,14,15). The summed E-state index contributed by atoms with van der Waals surface area (Å²) in [7, 11) is 0. The fourth-order valence-corrected chi connectivity index (χ4v) is 1.33. The van der Waals surface area contributed by atoms with Crippen LogP contribution in [0.4, 0.5) is 0 Å². The van der Waals surface area contributed by atoms with Gasteiger partial charge in [-0.25, -0.2) is 4.79 Å². The summed E-state index contributed by atoms with van der Waals surface area (Å²) in [5, 5.41) is 15.0. The lowest BCUT2D eigenvalue weighted by atomic mass is 9.99. The van der Waals surface area contributed by atoms with Crippen LogP contribution in [0.25, 0.3) is 0 Å². The number of hydrogen-bond acceptors (Lipinski definition) is 3. The van der Waals surface area contributed by atoms with Gasteiger partial charge in [-0.05, 0) is 12.1 Å². The van der Waals surface area contributed by atoms with Gasteiger partial charge >= 0.3 is 5.97 Å².